The van der Waals surface area contributed by atoms with Gasteiger partial charge in [0.05, 0.1) is 45.9 Å². The van der Waals surface area contributed by atoms with Crippen molar-refractivity contribution < 1.29 is 37.0 Å². The Bertz CT molecular complexity index is 1390. The maximum absolute atomic E-state index is 13.6. The van der Waals surface area contributed by atoms with Gasteiger partial charge in [-0.3, -0.25) is 19.3 Å². The molecule has 0 radical (unpaired) electrons. The number of benzene rings is 2. The fourth-order valence-electron chi connectivity index (χ4n) is 6.31. The monoisotopic (exact) mass is 556 g/mol. The lowest BCUT2D eigenvalue weighted by Gasteiger charge is -2.45. The van der Waals surface area contributed by atoms with Crippen molar-refractivity contribution in [2.75, 3.05) is 36.5 Å². The minimum Gasteiger partial charge on any atom is -0.492 e. The van der Waals surface area contributed by atoms with Crippen LogP contribution in [0, 0.1) is 23.2 Å². The number of halogens is 3. The maximum atomic E-state index is 13.6. The molecule has 9 nitrogen and oxygen atoms in total. The Morgan fingerprint density at radius 3 is 2.23 bits per heavy atom. The van der Waals surface area contributed by atoms with Crippen LogP contribution in [-0.4, -0.2) is 60.1 Å². The zero-order valence-corrected chi connectivity index (χ0v) is 22.0. The van der Waals surface area contributed by atoms with Crippen molar-refractivity contribution in [2.24, 2.45) is 11.8 Å². The summed E-state index contributed by atoms with van der Waals surface area (Å²) in [6.07, 6.45) is -4.82. The second-order valence-corrected chi connectivity index (χ2v) is 10.8. The van der Waals surface area contributed by atoms with Crippen LogP contribution in [0.15, 0.2) is 42.5 Å². The summed E-state index contributed by atoms with van der Waals surface area (Å²) in [5.74, 6) is -2.54. The molecular formula is C28H27F3N4O5. The van der Waals surface area contributed by atoms with E-state index >= 15 is 0 Å². The van der Waals surface area contributed by atoms with Gasteiger partial charge < -0.3 is 14.8 Å². The highest BCUT2D eigenvalue weighted by Gasteiger charge is 2.71. The molecule has 2 aromatic rings. The van der Waals surface area contributed by atoms with Gasteiger partial charge in [0, 0.05) is 32.2 Å². The Kier molecular flexibility index (Phi) is 6.63. The number of anilines is 2. The minimum absolute atomic E-state index is 0.176. The molecule has 3 saturated heterocycles. The second-order valence-electron chi connectivity index (χ2n) is 10.8. The normalized spacial score (nSPS) is 27.9. The number of ether oxygens (including phenoxy) is 2. The van der Waals surface area contributed by atoms with Gasteiger partial charge in [0.15, 0.2) is 0 Å². The van der Waals surface area contributed by atoms with E-state index in [4.69, 9.17) is 14.7 Å². The summed E-state index contributed by atoms with van der Waals surface area (Å²) in [4.78, 5) is 41.3. The number of carbonyl (C=O) groups is 3. The predicted molar refractivity (Wildman–Crippen MR) is 136 cm³/mol. The molecule has 0 aromatic heterocycles. The Morgan fingerprint density at radius 2 is 1.70 bits per heavy atom. The third-order valence-corrected chi connectivity index (χ3v) is 7.70. The standard InChI is InChI=1S/C28H27F3N4O5/c1-16(36)33-18-5-8-20(9-6-18)39-11-10-34-14-26(2)22-23(27(3,15-34)40-26)25(38)35(24(22)37)19-7-4-17(13-32)21(12-19)28(29,30)31/h4-9,12,22-23H,10-11,14-15H2,1-3H3,(H,33,36). The van der Waals surface area contributed by atoms with Gasteiger partial charge in [-0.1, -0.05) is 0 Å². The number of imide groups is 1. The van der Waals surface area contributed by atoms with Crippen LogP contribution < -0.4 is 15.0 Å². The van der Waals surface area contributed by atoms with E-state index in [9.17, 15) is 27.6 Å². The van der Waals surface area contributed by atoms with Gasteiger partial charge in [0.2, 0.25) is 17.7 Å². The molecule has 4 unspecified atom stereocenters. The summed E-state index contributed by atoms with van der Waals surface area (Å²) in [6, 6.07) is 11.3. The molecule has 2 bridgehead atoms. The lowest BCUT2D eigenvalue weighted by atomic mass is 9.79. The summed E-state index contributed by atoms with van der Waals surface area (Å²) >= 11 is 0. The Labute approximate surface area is 228 Å². The second kappa shape index (κ2) is 9.60. The first-order valence-corrected chi connectivity index (χ1v) is 12.7. The molecule has 3 aliphatic heterocycles. The van der Waals surface area contributed by atoms with Crippen molar-refractivity contribution in [3.8, 4) is 11.8 Å². The number of rotatable bonds is 6. The van der Waals surface area contributed by atoms with Crippen LogP contribution in [0.3, 0.4) is 0 Å². The molecule has 3 heterocycles. The third kappa shape index (κ3) is 4.69. The first-order chi connectivity index (χ1) is 18.8. The number of morpholine rings is 1. The molecule has 0 saturated carbocycles. The van der Waals surface area contributed by atoms with Crippen molar-refractivity contribution in [2.45, 2.75) is 38.1 Å². The smallest absolute Gasteiger partial charge is 0.417 e. The predicted octanol–water partition coefficient (Wildman–Crippen LogP) is 3.58. The van der Waals surface area contributed by atoms with Gasteiger partial charge in [0.25, 0.3) is 0 Å². The van der Waals surface area contributed by atoms with E-state index in [0.717, 1.165) is 11.0 Å². The summed E-state index contributed by atoms with van der Waals surface area (Å²) < 4.78 is 52.8. The van der Waals surface area contributed by atoms with Gasteiger partial charge in [-0.15, -0.1) is 0 Å². The molecule has 3 aliphatic rings. The highest BCUT2D eigenvalue weighted by Crippen LogP contribution is 2.55. The van der Waals surface area contributed by atoms with Gasteiger partial charge in [0.1, 0.15) is 12.4 Å². The number of amides is 3. The third-order valence-electron chi connectivity index (χ3n) is 7.70. The molecule has 1 N–H and O–H groups in total. The maximum Gasteiger partial charge on any atom is 0.417 e. The van der Waals surface area contributed by atoms with Crippen LogP contribution in [0.1, 0.15) is 31.9 Å². The lowest BCUT2D eigenvalue weighted by Crippen LogP contribution is -2.58. The average Bonchev–Trinajstić information content (AvgIpc) is 3.24. The van der Waals surface area contributed by atoms with Crippen LogP contribution >= 0.6 is 0 Å². The van der Waals surface area contributed by atoms with Crippen molar-refractivity contribution >= 4 is 29.1 Å². The van der Waals surface area contributed by atoms with Gasteiger partial charge in [-0.05, 0) is 56.3 Å². The van der Waals surface area contributed by atoms with Crippen molar-refractivity contribution in [1.29, 1.82) is 5.26 Å². The van der Waals surface area contributed by atoms with Crippen molar-refractivity contribution in [3.05, 3.63) is 53.6 Å². The highest BCUT2D eigenvalue weighted by atomic mass is 19.4. The van der Waals surface area contributed by atoms with E-state index in [1.165, 1.54) is 19.1 Å². The van der Waals surface area contributed by atoms with Crippen LogP contribution in [0.4, 0.5) is 24.5 Å². The minimum atomic E-state index is -4.82. The van der Waals surface area contributed by atoms with Crippen molar-refractivity contribution in [3.63, 3.8) is 0 Å². The van der Waals surface area contributed by atoms with Gasteiger partial charge in [-0.2, -0.15) is 18.4 Å². The first kappa shape index (κ1) is 27.6. The van der Waals surface area contributed by atoms with Crippen molar-refractivity contribution in [1.82, 2.24) is 4.90 Å². The number of carbonyl (C=O) groups excluding carboxylic acids is 3. The number of likely N-dealkylation sites (tertiary alicyclic amines) is 1. The van der Waals surface area contributed by atoms with Gasteiger partial charge >= 0.3 is 6.18 Å². The van der Waals surface area contributed by atoms with E-state index in [1.54, 1.807) is 38.1 Å². The zero-order chi connectivity index (χ0) is 29.0. The van der Waals surface area contributed by atoms with E-state index in [-0.39, 0.29) is 11.6 Å². The van der Waals surface area contributed by atoms with Crippen LogP contribution in [0.2, 0.25) is 0 Å². The Morgan fingerprint density at radius 1 is 1.10 bits per heavy atom. The van der Waals surface area contributed by atoms with E-state index in [1.807, 2.05) is 0 Å². The van der Waals surface area contributed by atoms with Crippen LogP contribution in [-0.2, 0) is 25.3 Å². The zero-order valence-electron chi connectivity index (χ0n) is 22.0. The number of nitrogens with zero attached hydrogens (tertiary/aromatic N) is 3. The van der Waals surface area contributed by atoms with Crippen LogP contribution in [0.5, 0.6) is 5.75 Å². The molecule has 3 amide bonds. The molecule has 210 valence electrons. The molecule has 12 heteroatoms. The summed E-state index contributed by atoms with van der Waals surface area (Å²) in [5, 5.41) is 11.8. The average molecular weight is 557 g/mol. The molecule has 0 spiro atoms. The lowest BCUT2D eigenvalue weighted by molar-refractivity contribution is -0.169. The summed E-state index contributed by atoms with van der Waals surface area (Å²) in [5.41, 5.74) is -3.44. The highest BCUT2D eigenvalue weighted by molar-refractivity contribution is 6.23. The van der Waals surface area contributed by atoms with Crippen LogP contribution in [0.25, 0.3) is 0 Å². The topological polar surface area (TPSA) is 112 Å². The number of hydrogen-bond donors (Lipinski definition) is 1. The number of hydrogen-bond acceptors (Lipinski definition) is 7. The number of nitriles is 1. The number of nitrogens with one attached hydrogen (secondary N) is 1. The summed E-state index contributed by atoms with van der Waals surface area (Å²) in [7, 11) is 0. The Balaban J connectivity index is 1.31. The van der Waals surface area contributed by atoms with Gasteiger partial charge in [-0.25, -0.2) is 4.90 Å². The number of fused-ring (bicyclic) bond motifs is 5. The molecule has 3 fully saturated rings. The molecule has 5 rings (SSSR count). The first-order valence-electron chi connectivity index (χ1n) is 12.7. The Hall–Kier alpha value is -3.95. The molecular weight excluding hydrogens is 529 g/mol. The molecule has 4 atom stereocenters. The van der Waals surface area contributed by atoms with E-state index in [0.29, 0.717) is 43.7 Å². The molecule has 40 heavy (non-hydrogen) atoms. The SMILES string of the molecule is CC(=O)Nc1ccc(OCCN2CC3(C)OC(C)(C2)C2C(=O)N(c4ccc(C#N)c(C(F)(F)F)c4)C(=O)C23)cc1. The van der Waals surface area contributed by atoms with E-state index in [2.05, 4.69) is 10.2 Å². The molecule has 2 aromatic carbocycles. The summed E-state index contributed by atoms with van der Waals surface area (Å²) in [6.45, 7) is 6.37. The largest absolute Gasteiger partial charge is 0.492 e. The molecule has 0 aliphatic carbocycles. The van der Waals surface area contributed by atoms with E-state index < -0.39 is 52.2 Å². The fourth-order valence-corrected chi connectivity index (χ4v) is 6.31. The quantitative estimate of drug-likeness (QED) is 0.542. The number of alkyl halides is 3. The fraction of sp³-hybridized carbons (Fsp3) is 0.429.